The Labute approximate surface area is 143 Å². The van der Waals surface area contributed by atoms with Gasteiger partial charge in [0.1, 0.15) is 17.0 Å². The third-order valence-corrected chi connectivity index (χ3v) is 4.73. The van der Waals surface area contributed by atoms with E-state index in [9.17, 15) is 4.79 Å². The average Bonchev–Trinajstić information content (AvgIpc) is 3.08. The number of aryl methyl sites for hydroxylation is 1. The zero-order chi connectivity index (χ0) is 16.4. The summed E-state index contributed by atoms with van der Waals surface area (Å²) in [5.74, 6) is 0.531. The summed E-state index contributed by atoms with van der Waals surface area (Å²) in [6.45, 7) is 3.77. The van der Waals surface area contributed by atoms with Gasteiger partial charge in [-0.1, -0.05) is 21.1 Å². The molecule has 2 aromatic rings. The summed E-state index contributed by atoms with van der Waals surface area (Å²) in [5.41, 5.74) is 1.65. The first-order valence-electron chi connectivity index (χ1n) is 7.69. The molecule has 1 N–H and O–H groups in total. The number of anilines is 1. The number of amides is 1. The van der Waals surface area contributed by atoms with Gasteiger partial charge < -0.3 is 9.26 Å². The standard InChI is InChI=1S/C17H19BrN2O3/c1-11-14(19-16(21)22-17(2)9-3-4-10-17)15(23-20-11)12-5-7-13(18)8-6-12/h5-8H,3-4,9-10H2,1-2H3,(H,19,21). The summed E-state index contributed by atoms with van der Waals surface area (Å²) >= 11 is 3.40. The molecule has 0 saturated heterocycles. The van der Waals surface area contributed by atoms with Crippen molar-refractivity contribution in [3.8, 4) is 11.3 Å². The molecule has 1 saturated carbocycles. The van der Waals surface area contributed by atoms with Gasteiger partial charge in [-0.15, -0.1) is 0 Å². The number of benzene rings is 1. The van der Waals surface area contributed by atoms with E-state index in [1.54, 1.807) is 6.92 Å². The number of aromatic nitrogens is 1. The fourth-order valence-corrected chi connectivity index (χ4v) is 3.16. The minimum atomic E-state index is -0.459. The van der Waals surface area contributed by atoms with Crippen molar-refractivity contribution >= 4 is 27.7 Å². The molecule has 6 heteroatoms. The van der Waals surface area contributed by atoms with E-state index in [-0.39, 0.29) is 5.60 Å². The Hall–Kier alpha value is -1.82. The van der Waals surface area contributed by atoms with Crippen LogP contribution in [0.3, 0.4) is 0 Å². The van der Waals surface area contributed by atoms with Crippen LogP contribution < -0.4 is 5.32 Å². The molecule has 1 aromatic carbocycles. The van der Waals surface area contributed by atoms with Gasteiger partial charge in [-0.05, 0) is 63.8 Å². The normalized spacial score (nSPS) is 16.3. The Morgan fingerprint density at radius 2 is 1.96 bits per heavy atom. The lowest BCUT2D eigenvalue weighted by Crippen LogP contribution is -2.30. The zero-order valence-corrected chi connectivity index (χ0v) is 14.8. The van der Waals surface area contributed by atoms with Gasteiger partial charge in [0.05, 0.1) is 0 Å². The Balaban J connectivity index is 1.79. The van der Waals surface area contributed by atoms with E-state index in [4.69, 9.17) is 9.26 Å². The van der Waals surface area contributed by atoms with Gasteiger partial charge in [-0.3, -0.25) is 5.32 Å². The molecule has 0 aliphatic heterocycles. The maximum atomic E-state index is 12.3. The number of hydrogen-bond acceptors (Lipinski definition) is 4. The predicted octanol–water partition coefficient (Wildman–Crippen LogP) is 5.29. The monoisotopic (exact) mass is 378 g/mol. The fraction of sp³-hybridized carbons (Fsp3) is 0.412. The van der Waals surface area contributed by atoms with Gasteiger partial charge in [0.2, 0.25) is 0 Å². The first-order chi connectivity index (χ1) is 11.0. The first kappa shape index (κ1) is 16.1. The Morgan fingerprint density at radius 1 is 1.30 bits per heavy atom. The van der Waals surface area contributed by atoms with Crippen LogP contribution in [-0.4, -0.2) is 16.9 Å². The molecule has 23 heavy (non-hydrogen) atoms. The van der Waals surface area contributed by atoms with Crippen molar-refractivity contribution in [2.75, 3.05) is 5.32 Å². The molecule has 0 spiro atoms. The van der Waals surface area contributed by atoms with Crippen LogP contribution in [0.25, 0.3) is 11.3 Å². The van der Waals surface area contributed by atoms with Gasteiger partial charge in [-0.2, -0.15) is 0 Å². The number of ether oxygens (including phenoxy) is 1. The SMILES string of the molecule is Cc1noc(-c2ccc(Br)cc2)c1NC(=O)OC1(C)CCCC1. The molecule has 122 valence electrons. The van der Waals surface area contributed by atoms with Gasteiger partial charge in [-0.25, -0.2) is 4.79 Å². The molecule has 0 atom stereocenters. The van der Waals surface area contributed by atoms with E-state index in [1.807, 2.05) is 31.2 Å². The molecule has 0 radical (unpaired) electrons. The van der Waals surface area contributed by atoms with Crippen LogP contribution in [0.1, 0.15) is 38.3 Å². The van der Waals surface area contributed by atoms with Crippen LogP contribution >= 0.6 is 15.9 Å². The molecule has 1 heterocycles. The van der Waals surface area contributed by atoms with Crippen LogP contribution in [0.2, 0.25) is 0 Å². The highest BCUT2D eigenvalue weighted by Crippen LogP contribution is 2.35. The molecular formula is C17H19BrN2O3. The molecule has 1 aliphatic rings. The summed E-state index contributed by atoms with van der Waals surface area (Å²) in [7, 11) is 0. The quantitative estimate of drug-likeness (QED) is 0.787. The van der Waals surface area contributed by atoms with Crippen LogP contribution in [0, 0.1) is 6.92 Å². The number of carbonyl (C=O) groups excluding carboxylic acids is 1. The van der Waals surface area contributed by atoms with Crippen molar-refractivity contribution < 1.29 is 14.1 Å². The summed E-state index contributed by atoms with van der Waals surface area (Å²) in [5, 5.41) is 6.76. The highest BCUT2D eigenvalue weighted by molar-refractivity contribution is 9.10. The van der Waals surface area contributed by atoms with Crippen molar-refractivity contribution in [1.29, 1.82) is 0 Å². The Kier molecular flexibility index (Phi) is 4.43. The molecule has 5 nitrogen and oxygen atoms in total. The minimum Gasteiger partial charge on any atom is -0.443 e. The summed E-state index contributed by atoms with van der Waals surface area (Å²) in [6, 6.07) is 7.63. The van der Waals surface area contributed by atoms with Crippen LogP contribution in [0.4, 0.5) is 10.5 Å². The topological polar surface area (TPSA) is 64.4 Å². The molecule has 0 unspecified atom stereocenters. The molecule has 1 amide bonds. The summed E-state index contributed by atoms with van der Waals surface area (Å²) in [6.07, 6.45) is 3.55. The number of carbonyl (C=O) groups is 1. The van der Waals surface area contributed by atoms with Crippen LogP contribution in [0.5, 0.6) is 0 Å². The van der Waals surface area contributed by atoms with Gasteiger partial charge >= 0.3 is 6.09 Å². The second-order valence-corrected chi connectivity index (χ2v) is 7.07. The number of nitrogens with one attached hydrogen (secondary N) is 1. The van der Waals surface area contributed by atoms with Crippen molar-refractivity contribution in [2.24, 2.45) is 0 Å². The zero-order valence-electron chi connectivity index (χ0n) is 13.2. The van der Waals surface area contributed by atoms with Crippen molar-refractivity contribution in [2.45, 2.75) is 45.1 Å². The first-order valence-corrected chi connectivity index (χ1v) is 8.48. The maximum absolute atomic E-state index is 12.3. The average molecular weight is 379 g/mol. The van der Waals surface area contributed by atoms with Crippen LogP contribution in [-0.2, 0) is 4.74 Å². The molecule has 3 rings (SSSR count). The second kappa shape index (κ2) is 6.35. The van der Waals surface area contributed by atoms with Gasteiger partial charge in [0.15, 0.2) is 5.76 Å². The molecule has 0 bridgehead atoms. The van der Waals surface area contributed by atoms with E-state index in [0.717, 1.165) is 35.7 Å². The number of hydrogen-bond donors (Lipinski definition) is 1. The third-order valence-electron chi connectivity index (χ3n) is 4.20. The van der Waals surface area contributed by atoms with E-state index in [1.165, 1.54) is 0 Å². The fourth-order valence-electron chi connectivity index (χ4n) is 2.89. The van der Waals surface area contributed by atoms with E-state index in [2.05, 4.69) is 26.4 Å². The summed E-state index contributed by atoms with van der Waals surface area (Å²) < 4.78 is 12.0. The Morgan fingerprint density at radius 3 is 2.61 bits per heavy atom. The highest BCUT2D eigenvalue weighted by Gasteiger charge is 2.33. The summed E-state index contributed by atoms with van der Waals surface area (Å²) in [4.78, 5) is 12.3. The van der Waals surface area contributed by atoms with Crippen LogP contribution in [0.15, 0.2) is 33.3 Å². The lowest BCUT2D eigenvalue weighted by Gasteiger charge is -2.24. The van der Waals surface area contributed by atoms with Gasteiger partial charge in [0.25, 0.3) is 0 Å². The van der Waals surface area contributed by atoms with E-state index in [0.29, 0.717) is 17.1 Å². The second-order valence-electron chi connectivity index (χ2n) is 6.15. The Bertz CT molecular complexity index is 703. The number of nitrogens with zero attached hydrogens (tertiary/aromatic N) is 1. The number of rotatable bonds is 3. The molecule has 1 fully saturated rings. The number of halogens is 1. The molecule has 1 aromatic heterocycles. The van der Waals surface area contributed by atoms with E-state index < -0.39 is 6.09 Å². The lowest BCUT2D eigenvalue weighted by molar-refractivity contribution is 0.0400. The minimum absolute atomic E-state index is 0.368. The molecule has 1 aliphatic carbocycles. The highest BCUT2D eigenvalue weighted by atomic mass is 79.9. The molecular weight excluding hydrogens is 360 g/mol. The third kappa shape index (κ3) is 3.58. The lowest BCUT2D eigenvalue weighted by atomic mass is 10.1. The van der Waals surface area contributed by atoms with E-state index >= 15 is 0 Å². The van der Waals surface area contributed by atoms with Crippen molar-refractivity contribution in [3.05, 3.63) is 34.4 Å². The smallest absolute Gasteiger partial charge is 0.412 e. The van der Waals surface area contributed by atoms with Crippen molar-refractivity contribution in [3.63, 3.8) is 0 Å². The van der Waals surface area contributed by atoms with Gasteiger partial charge in [0, 0.05) is 10.0 Å². The van der Waals surface area contributed by atoms with Crippen molar-refractivity contribution in [1.82, 2.24) is 5.16 Å². The predicted molar refractivity (Wildman–Crippen MR) is 91.4 cm³/mol. The largest absolute Gasteiger partial charge is 0.443 e. The maximum Gasteiger partial charge on any atom is 0.412 e.